The summed E-state index contributed by atoms with van der Waals surface area (Å²) in [6.45, 7) is 5.69. The number of carbonyl (C=O) groups excluding carboxylic acids is 1. The minimum Gasteiger partial charge on any atom is -0.493 e. The lowest BCUT2D eigenvalue weighted by Crippen LogP contribution is -2.44. The monoisotopic (exact) mass is 294 g/mol. The standard InChI is InChI=1S/C16H26N2O3/c1-13-8-5-6-9-15(13)21-11-7-10-18(3)16(19)17-14(2)12-20-4/h5-6,8-9,14H,7,10-12H2,1-4H3,(H,17,19)/t14-/m1/s1. The van der Waals surface area contributed by atoms with Crippen molar-refractivity contribution >= 4 is 6.03 Å². The van der Waals surface area contributed by atoms with Gasteiger partial charge in [-0.05, 0) is 31.9 Å². The summed E-state index contributed by atoms with van der Waals surface area (Å²) in [5.74, 6) is 0.901. The van der Waals surface area contributed by atoms with Gasteiger partial charge in [-0.2, -0.15) is 0 Å². The van der Waals surface area contributed by atoms with Gasteiger partial charge in [-0.1, -0.05) is 18.2 Å². The molecule has 1 atom stereocenters. The van der Waals surface area contributed by atoms with Gasteiger partial charge in [-0.15, -0.1) is 0 Å². The van der Waals surface area contributed by atoms with E-state index in [4.69, 9.17) is 9.47 Å². The number of hydrogen-bond acceptors (Lipinski definition) is 3. The molecular weight excluding hydrogens is 268 g/mol. The Morgan fingerprint density at radius 3 is 2.76 bits per heavy atom. The molecule has 0 saturated heterocycles. The van der Waals surface area contributed by atoms with E-state index in [-0.39, 0.29) is 12.1 Å². The number of ether oxygens (including phenoxy) is 2. The highest BCUT2D eigenvalue weighted by Crippen LogP contribution is 2.16. The Balaban J connectivity index is 2.22. The van der Waals surface area contributed by atoms with Gasteiger partial charge < -0.3 is 19.7 Å². The van der Waals surface area contributed by atoms with Crippen molar-refractivity contribution in [3.05, 3.63) is 29.8 Å². The summed E-state index contributed by atoms with van der Waals surface area (Å²) in [5, 5.41) is 2.87. The molecule has 0 aromatic heterocycles. The number of carbonyl (C=O) groups is 1. The van der Waals surface area contributed by atoms with Gasteiger partial charge in [0.05, 0.1) is 19.3 Å². The Kier molecular flexibility index (Phi) is 7.61. The molecule has 0 aliphatic heterocycles. The van der Waals surface area contributed by atoms with E-state index in [0.29, 0.717) is 19.8 Å². The first-order valence-electron chi connectivity index (χ1n) is 7.23. The summed E-state index contributed by atoms with van der Waals surface area (Å²) in [4.78, 5) is 13.5. The van der Waals surface area contributed by atoms with Crippen LogP contribution in [0, 0.1) is 6.92 Å². The Hall–Kier alpha value is -1.75. The molecule has 1 aromatic rings. The van der Waals surface area contributed by atoms with Crippen LogP contribution in [0.3, 0.4) is 0 Å². The number of benzene rings is 1. The predicted octanol–water partition coefficient (Wildman–Crippen LogP) is 2.44. The molecule has 2 amide bonds. The molecule has 0 aliphatic rings. The third kappa shape index (κ3) is 6.49. The first-order valence-corrected chi connectivity index (χ1v) is 7.23. The quantitative estimate of drug-likeness (QED) is 0.749. The smallest absolute Gasteiger partial charge is 0.317 e. The summed E-state index contributed by atoms with van der Waals surface area (Å²) in [5.41, 5.74) is 1.12. The third-order valence-corrected chi connectivity index (χ3v) is 3.12. The number of amides is 2. The van der Waals surface area contributed by atoms with Crippen molar-refractivity contribution in [2.75, 3.05) is 33.9 Å². The molecule has 0 spiro atoms. The molecule has 5 heteroatoms. The summed E-state index contributed by atoms with van der Waals surface area (Å²) >= 11 is 0. The molecule has 21 heavy (non-hydrogen) atoms. The molecule has 118 valence electrons. The van der Waals surface area contributed by atoms with Gasteiger partial charge in [0.15, 0.2) is 0 Å². The van der Waals surface area contributed by atoms with E-state index in [0.717, 1.165) is 17.7 Å². The Labute approximate surface area is 127 Å². The molecule has 1 rings (SSSR count). The van der Waals surface area contributed by atoms with Crippen LogP contribution < -0.4 is 10.1 Å². The molecule has 0 fully saturated rings. The zero-order valence-corrected chi connectivity index (χ0v) is 13.4. The van der Waals surface area contributed by atoms with E-state index in [1.807, 2.05) is 38.1 Å². The van der Waals surface area contributed by atoms with Crippen molar-refractivity contribution in [2.24, 2.45) is 0 Å². The summed E-state index contributed by atoms with van der Waals surface area (Å²) < 4.78 is 10.7. The molecule has 5 nitrogen and oxygen atoms in total. The third-order valence-electron chi connectivity index (χ3n) is 3.12. The Bertz CT molecular complexity index is 437. The van der Waals surface area contributed by atoms with Crippen LogP contribution in [0.15, 0.2) is 24.3 Å². The van der Waals surface area contributed by atoms with E-state index in [1.165, 1.54) is 0 Å². The van der Waals surface area contributed by atoms with E-state index in [2.05, 4.69) is 5.32 Å². The van der Waals surface area contributed by atoms with Gasteiger partial charge >= 0.3 is 6.03 Å². The van der Waals surface area contributed by atoms with E-state index < -0.39 is 0 Å². The average Bonchev–Trinajstić information content (AvgIpc) is 2.45. The van der Waals surface area contributed by atoms with Crippen molar-refractivity contribution in [3.8, 4) is 5.75 Å². The molecule has 1 aromatic carbocycles. The average molecular weight is 294 g/mol. The Morgan fingerprint density at radius 1 is 1.38 bits per heavy atom. The van der Waals surface area contributed by atoms with Gasteiger partial charge in [0.2, 0.25) is 0 Å². The lowest BCUT2D eigenvalue weighted by Gasteiger charge is -2.21. The first-order chi connectivity index (χ1) is 10.0. The van der Waals surface area contributed by atoms with Crippen molar-refractivity contribution in [3.63, 3.8) is 0 Å². The maximum Gasteiger partial charge on any atom is 0.317 e. The summed E-state index contributed by atoms with van der Waals surface area (Å²) in [6.07, 6.45) is 0.789. The van der Waals surface area contributed by atoms with E-state index in [9.17, 15) is 4.79 Å². The summed E-state index contributed by atoms with van der Waals surface area (Å²) in [7, 11) is 3.40. The van der Waals surface area contributed by atoms with Crippen LogP contribution in [0.1, 0.15) is 18.9 Å². The molecule has 0 aliphatic carbocycles. The molecule has 1 N–H and O–H groups in total. The minimum atomic E-state index is -0.0876. The topological polar surface area (TPSA) is 50.8 Å². The fourth-order valence-corrected chi connectivity index (χ4v) is 1.92. The van der Waals surface area contributed by atoms with Crippen LogP contribution in [0.25, 0.3) is 0 Å². The van der Waals surface area contributed by atoms with Gasteiger partial charge in [0, 0.05) is 20.7 Å². The fraction of sp³-hybridized carbons (Fsp3) is 0.562. The largest absolute Gasteiger partial charge is 0.493 e. The number of rotatable bonds is 8. The number of aryl methyl sites for hydroxylation is 1. The highest BCUT2D eigenvalue weighted by molar-refractivity contribution is 5.74. The van der Waals surface area contributed by atoms with Gasteiger partial charge in [-0.3, -0.25) is 0 Å². The Morgan fingerprint density at radius 2 is 2.10 bits per heavy atom. The number of nitrogens with one attached hydrogen (secondary N) is 1. The van der Waals surface area contributed by atoms with Gasteiger partial charge in [0.1, 0.15) is 5.75 Å². The van der Waals surface area contributed by atoms with E-state index >= 15 is 0 Å². The van der Waals surface area contributed by atoms with Gasteiger partial charge in [-0.25, -0.2) is 4.79 Å². The molecular formula is C16H26N2O3. The maximum atomic E-state index is 11.9. The zero-order chi connectivity index (χ0) is 15.7. The number of urea groups is 1. The SMILES string of the molecule is COC[C@@H](C)NC(=O)N(C)CCCOc1ccccc1C. The lowest BCUT2D eigenvalue weighted by molar-refractivity contribution is 0.161. The number of hydrogen-bond donors (Lipinski definition) is 1. The second-order valence-corrected chi connectivity index (χ2v) is 5.19. The highest BCUT2D eigenvalue weighted by Gasteiger charge is 2.11. The second kappa shape index (κ2) is 9.23. The molecule has 0 bridgehead atoms. The zero-order valence-electron chi connectivity index (χ0n) is 13.4. The highest BCUT2D eigenvalue weighted by atomic mass is 16.5. The van der Waals surface area contributed by atoms with Crippen molar-refractivity contribution in [1.29, 1.82) is 0 Å². The van der Waals surface area contributed by atoms with Crippen molar-refractivity contribution in [2.45, 2.75) is 26.3 Å². The molecule has 0 unspecified atom stereocenters. The predicted molar refractivity (Wildman–Crippen MR) is 83.8 cm³/mol. The van der Waals surface area contributed by atoms with Crippen LogP contribution in [0.5, 0.6) is 5.75 Å². The van der Waals surface area contributed by atoms with Gasteiger partial charge in [0.25, 0.3) is 0 Å². The van der Waals surface area contributed by atoms with Crippen LogP contribution in [-0.4, -0.2) is 50.9 Å². The molecule has 0 heterocycles. The van der Waals surface area contributed by atoms with E-state index in [1.54, 1.807) is 19.1 Å². The maximum absolute atomic E-state index is 11.9. The molecule has 0 radical (unpaired) electrons. The normalized spacial score (nSPS) is 11.8. The second-order valence-electron chi connectivity index (χ2n) is 5.19. The number of methoxy groups -OCH3 is 1. The molecule has 0 saturated carbocycles. The summed E-state index contributed by atoms with van der Waals surface area (Å²) in [6, 6.07) is 7.84. The van der Waals surface area contributed by atoms with Crippen molar-refractivity contribution in [1.82, 2.24) is 10.2 Å². The van der Waals surface area contributed by atoms with Crippen LogP contribution in [-0.2, 0) is 4.74 Å². The lowest BCUT2D eigenvalue weighted by atomic mass is 10.2. The minimum absolute atomic E-state index is 0.00756. The van der Waals surface area contributed by atoms with Crippen LogP contribution in [0.4, 0.5) is 4.79 Å². The van der Waals surface area contributed by atoms with Crippen LogP contribution >= 0.6 is 0 Å². The number of para-hydroxylation sites is 1. The fourth-order valence-electron chi connectivity index (χ4n) is 1.92. The van der Waals surface area contributed by atoms with Crippen molar-refractivity contribution < 1.29 is 14.3 Å². The van der Waals surface area contributed by atoms with Crippen LogP contribution in [0.2, 0.25) is 0 Å². The number of nitrogens with zero attached hydrogens (tertiary/aromatic N) is 1. The first kappa shape index (κ1) is 17.3.